The van der Waals surface area contributed by atoms with Crippen LogP contribution in [0.15, 0.2) is 30.6 Å². The first-order valence-corrected chi connectivity index (χ1v) is 8.73. The molecule has 136 valence electrons. The van der Waals surface area contributed by atoms with Gasteiger partial charge in [-0.05, 0) is 31.0 Å². The van der Waals surface area contributed by atoms with Crippen LogP contribution in [0.4, 0.5) is 5.82 Å². The third-order valence-corrected chi connectivity index (χ3v) is 4.77. The molecular weight excluding hydrogens is 334 g/mol. The number of Topliss-reactive ketones (excluding diaryl/α,β-unsaturated/α-hetero) is 1. The minimum absolute atomic E-state index is 0.0649. The van der Waals surface area contributed by atoms with Crippen LogP contribution in [0, 0.1) is 5.92 Å². The van der Waals surface area contributed by atoms with Gasteiger partial charge in [-0.2, -0.15) is 0 Å². The number of carbonyl (C=O) groups is 1. The van der Waals surface area contributed by atoms with Crippen molar-refractivity contribution in [2.45, 2.75) is 19.4 Å². The van der Waals surface area contributed by atoms with Gasteiger partial charge in [0, 0.05) is 37.7 Å². The number of aromatic nitrogens is 2. The predicted molar refractivity (Wildman–Crippen MR) is 94.6 cm³/mol. The van der Waals surface area contributed by atoms with Crippen LogP contribution in [0.25, 0.3) is 0 Å². The lowest BCUT2D eigenvalue weighted by molar-refractivity contribution is 0.0906. The van der Waals surface area contributed by atoms with Gasteiger partial charge in [0.15, 0.2) is 17.3 Å². The van der Waals surface area contributed by atoms with Crippen LogP contribution in [0.1, 0.15) is 28.9 Å². The summed E-state index contributed by atoms with van der Waals surface area (Å²) in [4.78, 5) is 23.7. The van der Waals surface area contributed by atoms with Crippen LogP contribution >= 0.6 is 0 Å². The lowest BCUT2D eigenvalue weighted by Gasteiger charge is -2.33. The average Bonchev–Trinajstić information content (AvgIpc) is 3.16. The molecule has 3 heterocycles. The fourth-order valence-electron chi connectivity index (χ4n) is 3.47. The summed E-state index contributed by atoms with van der Waals surface area (Å²) in [6.45, 7) is 2.19. The molecule has 7 heteroatoms. The second kappa shape index (κ2) is 7.29. The summed E-state index contributed by atoms with van der Waals surface area (Å²) in [5.41, 5.74) is 1.51. The third-order valence-electron chi connectivity index (χ3n) is 4.77. The molecule has 0 spiro atoms. The summed E-state index contributed by atoms with van der Waals surface area (Å²) in [7, 11) is 1.64. The Kier molecular flexibility index (Phi) is 4.71. The summed E-state index contributed by atoms with van der Waals surface area (Å²) in [6, 6.07) is 7.33. The number of methoxy groups -OCH3 is 1. The smallest absolute Gasteiger partial charge is 0.231 e. The van der Waals surface area contributed by atoms with E-state index >= 15 is 0 Å². The van der Waals surface area contributed by atoms with Crippen molar-refractivity contribution in [3.8, 4) is 11.5 Å². The molecule has 4 rings (SSSR count). The first kappa shape index (κ1) is 16.8. The number of hydrogen-bond donors (Lipinski definition) is 0. The summed E-state index contributed by atoms with van der Waals surface area (Å²) in [5, 5.41) is 0. The molecule has 2 aliphatic heterocycles. The second-order valence-electron chi connectivity index (χ2n) is 6.52. The van der Waals surface area contributed by atoms with Crippen molar-refractivity contribution in [3.05, 3.63) is 41.9 Å². The SMILES string of the molecule is COCc1cc(N2CCC[C@H](C(=O)c3ccc4c(c3)OCO4)C2)ncn1. The van der Waals surface area contributed by atoms with Gasteiger partial charge >= 0.3 is 0 Å². The summed E-state index contributed by atoms with van der Waals surface area (Å²) >= 11 is 0. The Morgan fingerprint density at radius 2 is 2.15 bits per heavy atom. The Labute approximate surface area is 151 Å². The van der Waals surface area contributed by atoms with Gasteiger partial charge in [0.05, 0.1) is 12.3 Å². The number of anilines is 1. The lowest BCUT2D eigenvalue weighted by Crippen LogP contribution is -2.39. The van der Waals surface area contributed by atoms with Crippen LogP contribution in [0.3, 0.4) is 0 Å². The molecule has 7 nitrogen and oxygen atoms in total. The Bertz CT molecular complexity index is 811. The number of ether oxygens (including phenoxy) is 3. The number of carbonyl (C=O) groups excluding carboxylic acids is 1. The van der Waals surface area contributed by atoms with E-state index in [0.29, 0.717) is 30.2 Å². The molecule has 0 aliphatic carbocycles. The molecule has 0 N–H and O–H groups in total. The van der Waals surface area contributed by atoms with E-state index < -0.39 is 0 Å². The molecule has 1 aromatic carbocycles. The third kappa shape index (κ3) is 3.35. The zero-order valence-electron chi connectivity index (χ0n) is 14.7. The van der Waals surface area contributed by atoms with E-state index in [-0.39, 0.29) is 18.5 Å². The molecule has 2 aromatic rings. The maximum atomic E-state index is 13.0. The Morgan fingerprint density at radius 1 is 1.27 bits per heavy atom. The highest BCUT2D eigenvalue weighted by molar-refractivity contribution is 5.99. The van der Waals surface area contributed by atoms with Crippen LogP contribution in [0.2, 0.25) is 0 Å². The van der Waals surface area contributed by atoms with E-state index in [0.717, 1.165) is 30.9 Å². The van der Waals surface area contributed by atoms with Gasteiger partial charge < -0.3 is 19.1 Å². The predicted octanol–water partition coefficient (Wildman–Crippen LogP) is 2.45. The van der Waals surface area contributed by atoms with Crippen molar-refractivity contribution in [2.75, 3.05) is 31.9 Å². The maximum absolute atomic E-state index is 13.0. The first-order chi connectivity index (χ1) is 12.7. The number of hydrogen-bond acceptors (Lipinski definition) is 7. The van der Waals surface area contributed by atoms with E-state index in [2.05, 4.69) is 14.9 Å². The number of piperidine rings is 1. The van der Waals surface area contributed by atoms with Crippen LogP contribution in [0.5, 0.6) is 11.5 Å². The van der Waals surface area contributed by atoms with Crippen molar-refractivity contribution >= 4 is 11.6 Å². The molecule has 1 saturated heterocycles. The largest absolute Gasteiger partial charge is 0.454 e. The molecule has 1 atom stereocenters. The molecule has 1 aromatic heterocycles. The second-order valence-corrected chi connectivity index (χ2v) is 6.52. The number of benzene rings is 1. The minimum Gasteiger partial charge on any atom is -0.454 e. The highest BCUT2D eigenvalue weighted by Gasteiger charge is 2.28. The standard InChI is InChI=1S/C19H21N3O4/c1-24-10-15-8-18(21-11-20-15)22-6-2-3-14(9-22)19(23)13-4-5-16-17(7-13)26-12-25-16/h4-5,7-8,11,14H,2-3,6,9-10,12H2,1H3/t14-/m0/s1. The fourth-order valence-corrected chi connectivity index (χ4v) is 3.47. The van der Waals surface area contributed by atoms with Crippen molar-refractivity contribution in [2.24, 2.45) is 5.92 Å². The highest BCUT2D eigenvalue weighted by atomic mass is 16.7. The summed E-state index contributed by atoms with van der Waals surface area (Å²) in [6.07, 6.45) is 3.37. The molecule has 0 unspecified atom stereocenters. The van der Waals surface area contributed by atoms with Gasteiger partial charge in [0.1, 0.15) is 12.1 Å². The molecule has 2 aliphatic rings. The van der Waals surface area contributed by atoms with Gasteiger partial charge in [-0.15, -0.1) is 0 Å². The van der Waals surface area contributed by atoms with Crippen molar-refractivity contribution in [1.29, 1.82) is 0 Å². The Balaban J connectivity index is 1.49. The van der Waals surface area contributed by atoms with Crippen molar-refractivity contribution < 1.29 is 19.0 Å². The van der Waals surface area contributed by atoms with Crippen molar-refractivity contribution in [1.82, 2.24) is 9.97 Å². The quantitative estimate of drug-likeness (QED) is 0.763. The average molecular weight is 355 g/mol. The lowest BCUT2D eigenvalue weighted by atomic mass is 9.90. The highest BCUT2D eigenvalue weighted by Crippen LogP contribution is 2.34. The van der Waals surface area contributed by atoms with Crippen LogP contribution in [-0.4, -0.2) is 42.7 Å². The van der Waals surface area contributed by atoms with Crippen LogP contribution < -0.4 is 14.4 Å². The number of nitrogens with zero attached hydrogens (tertiary/aromatic N) is 3. The van der Waals surface area contributed by atoms with E-state index in [1.54, 1.807) is 25.6 Å². The molecule has 1 fully saturated rings. The molecule has 0 radical (unpaired) electrons. The number of ketones is 1. The van der Waals surface area contributed by atoms with E-state index in [9.17, 15) is 4.79 Å². The zero-order chi connectivity index (χ0) is 17.9. The van der Waals surface area contributed by atoms with Gasteiger partial charge in [-0.1, -0.05) is 0 Å². The van der Waals surface area contributed by atoms with Gasteiger partial charge in [0.25, 0.3) is 0 Å². The molecule has 0 bridgehead atoms. The van der Waals surface area contributed by atoms with E-state index in [1.807, 2.05) is 12.1 Å². The Hall–Kier alpha value is -2.67. The molecular formula is C19H21N3O4. The fraction of sp³-hybridized carbons (Fsp3) is 0.421. The van der Waals surface area contributed by atoms with E-state index in [1.165, 1.54) is 0 Å². The molecule has 26 heavy (non-hydrogen) atoms. The summed E-state index contributed by atoms with van der Waals surface area (Å²) < 4.78 is 15.8. The first-order valence-electron chi connectivity index (χ1n) is 8.73. The number of rotatable bonds is 5. The monoisotopic (exact) mass is 355 g/mol. The topological polar surface area (TPSA) is 73.8 Å². The van der Waals surface area contributed by atoms with Crippen LogP contribution in [-0.2, 0) is 11.3 Å². The normalized spacial score (nSPS) is 18.8. The minimum atomic E-state index is -0.0649. The van der Waals surface area contributed by atoms with Gasteiger partial charge in [-0.3, -0.25) is 4.79 Å². The molecule has 0 amide bonds. The molecule has 0 saturated carbocycles. The number of fused-ring (bicyclic) bond motifs is 1. The van der Waals surface area contributed by atoms with E-state index in [4.69, 9.17) is 14.2 Å². The van der Waals surface area contributed by atoms with Gasteiger partial charge in [-0.25, -0.2) is 9.97 Å². The van der Waals surface area contributed by atoms with Gasteiger partial charge in [0.2, 0.25) is 6.79 Å². The Morgan fingerprint density at radius 3 is 3.04 bits per heavy atom. The maximum Gasteiger partial charge on any atom is 0.231 e. The zero-order valence-corrected chi connectivity index (χ0v) is 14.7. The van der Waals surface area contributed by atoms with Crippen molar-refractivity contribution in [3.63, 3.8) is 0 Å². The summed E-state index contributed by atoms with van der Waals surface area (Å²) in [5.74, 6) is 2.25.